The molecule has 0 amide bonds. The Hall–Kier alpha value is -2.40. The van der Waals surface area contributed by atoms with E-state index in [1.54, 1.807) is 12.1 Å². The molecule has 1 heterocycles. The molecule has 0 saturated carbocycles. The summed E-state index contributed by atoms with van der Waals surface area (Å²) in [6.07, 6.45) is 0. The van der Waals surface area contributed by atoms with Crippen LogP contribution in [0.25, 0.3) is 0 Å². The normalized spacial score (nSPS) is 14.1. The molecular formula is C16H17NO4. The van der Waals surface area contributed by atoms with E-state index in [1.807, 2.05) is 25.1 Å². The molecule has 1 atom stereocenters. The Morgan fingerprint density at radius 1 is 1.05 bits per heavy atom. The third kappa shape index (κ3) is 3.03. The van der Waals surface area contributed by atoms with Crippen molar-refractivity contribution >= 4 is 0 Å². The van der Waals surface area contributed by atoms with Crippen molar-refractivity contribution in [1.82, 2.24) is 5.32 Å². The highest BCUT2D eigenvalue weighted by Gasteiger charge is 2.14. The van der Waals surface area contributed by atoms with Gasteiger partial charge in [0.2, 0.25) is 6.79 Å². The van der Waals surface area contributed by atoms with E-state index in [-0.39, 0.29) is 24.3 Å². The first-order chi connectivity index (χ1) is 10.1. The van der Waals surface area contributed by atoms with Gasteiger partial charge in [0.05, 0.1) is 0 Å². The fourth-order valence-electron chi connectivity index (χ4n) is 2.31. The lowest BCUT2D eigenvalue weighted by Gasteiger charge is -2.15. The van der Waals surface area contributed by atoms with Crippen molar-refractivity contribution in [2.75, 3.05) is 6.79 Å². The Morgan fingerprint density at radius 3 is 2.52 bits per heavy atom. The quantitative estimate of drug-likeness (QED) is 0.806. The molecule has 0 radical (unpaired) electrons. The monoisotopic (exact) mass is 287 g/mol. The Labute approximate surface area is 122 Å². The number of benzene rings is 2. The molecule has 21 heavy (non-hydrogen) atoms. The minimum atomic E-state index is -0.00609. The second-order valence-electron chi connectivity index (χ2n) is 5.07. The minimum absolute atomic E-state index is 0.00609. The van der Waals surface area contributed by atoms with Crippen LogP contribution in [0.4, 0.5) is 0 Å². The van der Waals surface area contributed by atoms with Crippen molar-refractivity contribution in [2.45, 2.75) is 19.5 Å². The number of fused-ring (bicyclic) bond motifs is 1. The molecule has 0 bridgehead atoms. The molecule has 2 aromatic rings. The molecule has 1 unspecified atom stereocenters. The summed E-state index contributed by atoms with van der Waals surface area (Å²) < 4.78 is 10.6. The van der Waals surface area contributed by atoms with Crippen LogP contribution < -0.4 is 14.8 Å². The topological polar surface area (TPSA) is 71.0 Å². The molecule has 0 aromatic heterocycles. The second kappa shape index (κ2) is 5.54. The van der Waals surface area contributed by atoms with Crippen molar-refractivity contribution in [3.63, 3.8) is 0 Å². The maximum absolute atomic E-state index is 9.52. The molecular weight excluding hydrogens is 270 g/mol. The van der Waals surface area contributed by atoms with Gasteiger partial charge in [0, 0.05) is 18.7 Å². The lowest BCUT2D eigenvalue weighted by Crippen LogP contribution is -2.17. The summed E-state index contributed by atoms with van der Waals surface area (Å²) >= 11 is 0. The van der Waals surface area contributed by atoms with Crippen LogP contribution in [0, 0.1) is 0 Å². The SMILES string of the molecule is CC(NCc1ccc2c(c1)OCO2)c1cc(O)cc(O)c1. The summed E-state index contributed by atoms with van der Waals surface area (Å²) in [7, 11) is 0. The van der Waals surface area contributed by atoms with Crippen LogP contribution >= 0.6 is 0 Å². The van der Waals surface area contributed by atoms with Crippen molar-refractivity contribution in [3.05, 3.63) is 47.5 Å². The Bertz CT molecular complexity index is 636. The van der Waals surface area contributed by atoms with E-state index in [4.69, 9.17) is 9.47 Å². The maximum Gasteiger partial charge on any atom is 0.231 e. The van der Waals surface area contributed by atoms with E-state index >= 15 is 0 Å². The molecule has 0 fully saturated rings. The van der Waals surface area contributed by atoms with Gasteiger partial charge in [0.25, 0.3) is 0 Å². The number of aromatic hydroxyl groups is 2. The third-order valence-corrected chi connectivity index (χ3v) is 3.47. The number of phenolic OH excluding ortho intramolecular Hbond substituents is 2. The summed E-state index contributed by atoms with van der Waals surface area (Å²) in [6.45, 7) is 2.89. The molecule has 3 N–H and O–H groups in total. The van der Waals surface area contributed by atoms with Crippen LogP contribution in [0.5, 0.6) is 23.0 Å². The molecule has 0 aliphatic carbocycles. The van der Waals surface area contributed by atoms with Gasteiger partial charge in [0.1, 0.15) is 11.5 Å². The molecule has 2 aromatic carbocycles. The standard InChI is InChI=1S/C16H17NO4/c1-10(12-5-13(18)7-14(19)6-12)17-8-11-2-3-15-16(4-11)21-9-20-15/h2-7,10,17-19H,8-9H2,1H3. The maximum atomic E-state index is 9.52. The lowest BCUT2D eigenvalue weighted by atomic mass is 10.1. The molecule has 5 nitrogen and oxygen atoms in total. The molecule has 0 saturated heterocycles. The number of ether oxygens (including phenoxy) is 2. The largest absolute Gasteiger partial charge is 0.508 e. The summed E-state index contributed by atoms with van der Waals surface area (Å²) in [5.74, 6) is 1.64. The van der Waals surface area contributed by atoms with Gasteiger partial charge in [-0.25, -0.2) is 0 Å². The Kier molecular flexibility index (Phi) is 3.58. The molecule has 1 aliphatic heterocycles. The van der Waals surface area contributed by atoms with Crippen LogP contribution in [-0.2, 0) is 6.54 Å². The fourth-order valence-corrected chi connectivity index (χ4v) is 2.31. The van der Waals surface area contributed by atoms with E-state index < -0.39 is 0 Å². The van der Waals surface area contributed by atoms with Crippen molar-refractivity contribution in [2.24, 2.45) is 0 Å². The van der Waals surface area contributed by atoms with Crippen LogP contribution in [0.1, 0.15) is 24.1 Å². The van der Waals surface area contributed by atoms with E-state index in [9.17, 15) is 10.2 Å². The smallest absolute Gasteiger partial charge is 0.231 e. The average Bonchev–Trinajstić information content (AvgIpc) is 2.91. The Balaban J connectivity index is 1.66. The Morgan fingerprint density at radius 2 is 1.76 bits per heavy atom. The number of rotatable bonds is 4. The first-order valence-electron chi connectivity index (χ1n) is 6.76. The highest BCUT2D eigenvalue weighted by molar-refractivity contribution is 5.44. The van der Waals surface area contributed by atoms with Gasteiger partial charge in [-0.1, -0.05) is 6.07 Å². The molecule has 110 valence electrons. The number of hydrogen-bond donors (Lipinski definition) is 3. The molecule has 1 aliphatic rings. The van der Waals surface area contributed by atoms with E-state index in [0.717, 1.165) is 22.6 Å². The van der Waals surface area contributed by atoms with Crippen LogP contribution in [0.3, 0.4) is 0 Å². The first kappa shape index (κ1) is 13.6. The van der Waals surface area contributed by atoms with Crippen molar-refractivity contribution < 1.29 is 19.7 Å². The number of phenols is 2. The van der Waals surface area contributed by atoms with Gasteiger partial charge in [-0.15, -0.1) is 0 Å². The van der Waals surface area contributed by atoms with Gasteiger partial charge >= 0.3 is 0 Å². The number of hydrogen-bond acceptors (Lipinski definition) is 5. The van der Waals surface area contributed by atoms with E-state index in [2.05, 4.69) is 5.32 Å². The summed E-state index contributed by atoms with van der Waals surface area (Å²) in [6, 6.07) is 10.4. The zero-order valence-electron chi connectivity index (χ0n) is 11.7. The average molecular weight is 287 g/mol. The van der Waals surface area contributed by atoms with Gasteiger partial charge in [0.15, 0.2) is 11.5 Å². The predicted molar refractivity (Wildman–Crippen MR) is 77.6 cm³/mol. The van der Waals surface area contributed by atoms with E-state index in [1.165, 1.54) is 6.07 Å². The first-order valence-corrected chi connectivity index (χ1v) is 6.76. The van der Waals surface area contributed by atoms with Crippen LogP contribution in [0.2, 0.25) is 0 Å². The van der Waals surface area contributed by atoms with Crippen molar-refractivity contribution in [3.8, 4) is 23.0 Å². The zero-order valence-corrected chi connectivity index (χ0v) is 11.7. The van der Waals surface area contributed by atoms with Gasteiger partial charge < -0.3 is 25.0 Å². The lowest BCUT2D eigenvalue weighted by molar-refractivity contribution is 0.174. The highest BCUT2D eigenvalue weighted by Crippen LogP contribution is 2.32. The van der Waals surface area contributed by atoms with Crippen LogP contribution in [0.15, 0.2) is 36.4 Å². The summed E-state index contributed by atoms with van der Waals surface area (Å²) in [5.41, 5.74) is 1.91. The number of nitrogens with one attached hydrogen (secondary N) is 1. The summed E-state index contributed by atoms with van der Waals surface area (Å²) in [4.78, 5) is 0. The summed E-state index contributed by atoms with van der Waals surface area (Å²) in [5, 5.41) is 22.4. The highest BCUT2D eigenvalue weighted by atomic mass is 16.7. The second-order valence-corrected chi connectivity index (χ2v) is 5.07. The van der Waals surface area contributed by atoms with Gasteiger partial charge in [-0.2, -0.15) is 0 Å². The molecule has 3 rings (SSSR count). The zero-order chi connectivity index (χ0) is 14.8. The minimum Gasteiger partial charge on any atom is -0.508 e. The van der Waals surface area contributed by atoms with E-state index in [0.29, 0.717) is 6.54 Å². The third-order valence-electron chi connectivity index (χ3n) is 3.47. The van der Waals surface area contributed by atoms with Gasteiger partial charge in [-0.3, -0.25) is 0 Å². The predicted octanol–water partition coefficient (Wildman–Crippen LogP) is 2.68. The van der Waals surface area contributed by atoms with Crippen LogP contribution in [-0.4, -0.2) is 17.0 Å². The molecule has 5 heteroatoms. The van der Waals surface area contributed by atoms with Gasteiger partial charge in [-0.05, 0) is 42.3 Å². The molecule has 0 spiro atoms. The van der Waals surface area contributed by atoms with Crippen molar-refractivity contribution in [1.29, 1.82) is 0 Å². The fraction of sp³-hybridized carbons (Fsp3) is 0.250.